The molecule has 0 spiro atoms. The molecular formula is C17H16N4O5S. The summed E-state index contributed by atoms with van der Waals surface area (Å²) in [5.41, 5.74) is 0.509. The highest BCUT2D eigenvalue weighted by Crippen LogP contribution is 2.35. The SMILES string of the molecule is CCSc1ccc(NC(=O)CN2C(=O)COc3ccc([N+](=O)[O-])cc32)cn1. The second-order valence-electron chi connectivity index (χ2n) is 5.54. The lowest BCUT2D eigenvalue weighted by atomic mass is 10.2. The summed E-state index contributed by atoms with van der Waals surface area (Å²) in [6.07, 6.45) is 1.54. The third-order valence-corrected chi connectivity index (χ3v) is 4.54. The molecule has 1 aliphatic rings. The monoisotopic (exact) mass is 388 g/mol. The van der Waals surface area contributed by atoms with Crippen LogP contribution in [0.25, 0.3) is 0 Å². The molecule has 2 heterocycles. The van der Waals surface area contributed by atoms with Crippen LogP contribution in [0.4, 0.5) is 17.1 Å². The minimum absolute atomic E-state index is 0.189. The lowest BCUT2D eigenvalue weighted by Gasteiger charge is -2.28. The van der Waals surface area contributed by atoms with E-state index in [1.54, 1.807) is 23.9 Å². The Labute approximate surface area is 158 Å². The number of ether oxygens (including phenoxy) is 1. The molecule has 1 aliphatic heterocycles. The van der Waals surface area contributed by atoms with Crippen LogP contribution >= 0.6 is 11.8 Å². The van der Waals surface area contributed by atoms with Crippen molar-refractivity contribution in [2.24, 2.45) is 0 Å². The average Bonchev–Trinajstić information content (AvgIpc) is 2.65. The zero-order chi connectivity index (χ0) is 19.4. The second kappa shape index (κ2) is 8.04. The van der Waals surface area contributed by atoms with E-state index in [9.17, 15) is 19.7 Å². The van der Waals surface area contributed by atoms with Gasteiger partial charge in [0, 0.05) is 12.1 Å². The molecule has 0 aliphatic carbocycles. The van der Waals surface area contributed by atoms with Gasteiger partial charge >= 0.3 is 0 Å². The van der Waals surface area contributed by atoms with Crippen molar-refractivity contribution in [3.05, 3.63) is 46.6 Å². The van der Waals surface area contributed by atoms with Crippen LogP contribution in [-0.4, -0.2) is 40.6 Å². The van der Waals surface area contributed by atoms with Gasteiger partial charge in [0.25, 0.3) is 11.6 Å². The number of thioether (sulfide) groups is 1. The number of non-ortho nitro benzene ring substituents is 1. The number of carbonyl (C=O) groups excluding carboxylic acids is 2. The highest BCUT2D eigenvalue weighted by atomic mass is 32.2. The molecule has 10 heteroatoms. The smallest absolute Gasteiger partial charge is 0.271 e. The molecule has 9 nitrogen and oxygen atoms in total. The van der Waals surface area contributed by atoms with E-state index in [0.717, 1.165) is 10.8 Å². The third-order valence-electron chi connectivity index (χ3n) is 3.71. The number of pyridine rings is 1. The molecule has 1 aromatic carbocycles. The maximum absolute atomic E-state index is 12.4. The summed E-state index contributed by atoms with van der Waals surface area (Å²) in [4.78, 5) is 40.3. The number of nitro groups is 1. The Morgan fingerprint density at radius 2 is 2.22 bits per heavy atom. The Bertz CT molecular complexity index is 887. The molecule has 0 saturated carbocycles. The maximum Gasteiger partial charge on any atom is 0.271 e. The number of benzene rings is 1. The van der Waals surface area contributed by atoms with Gasteiger partial charge in [-0.25, -0.2) is 4.98 Å². The number of hydrogen-bond donors (Lipinski definition) is 1. The van der Waals surface area contributed by atoms with Gasteiger partial charge < -0.3 is 10.1 Å². The van der Waals surface area contributed by atoms with Crippen LogP contribution in [-0.2, 0) is 9.59 Å². The van der Waals surface area contributed by atoms with E-state index in [2.05, 4.69) is 10.3 Å². The number of carbonyl (C=O) groups is 2. The summed E-state index contributed by atoms with van der Waals surface area (Å²) in [6.45, 7) is 1.49. The molecule has 27 heavy (non-hydrogen) atoms. The van der Waals surface area contributed by atoms with Crippen molar-refractivity contribution in [1.29, 1.82) is 0 Å². The van der Waals surface area contributed by atoms with E-state index in [4.69, 9.17) is 4.74 Å². The highest BCUT2D eigenvalue weighted by Gasteiger charge is 2.29. The fourth-order valence-corrected chi connectivity index (χ4v) is 3.10. The van der Waals surface area contributed by atoms with Crippen LogP contribution in [0.15, 0.2) is 41.6 Å². The van der Waals surface area contributed by atoms with Crippen molar-refractivity contribution in [3.63, 3.8) is 0 Å². The van der Waals surface area contributed by atoms with Crippen LogP contribution in [0.5, 0.6) is 5.75 Å². The Hall–Kier alpha value is -3.14. The van der Waals surface area contributed by atoms with Crippen LogP contribution < -0.4 is 15.0 Å². The van der Waals surface area contributed by atoms with E-state index < -0.39 is 16.7 Å². The van der Waals surface area contributed by atoms with Gasteiger partial charge in [-0.15, -0.1) is 11.8 Å². The molecule has 0 saturated heterocycles. The molecule has 0 bridgehead atoms. The molecule has 0 unspecified atom stereocenters. The number of nitrogens with one attached hydrogen (secondary N) is 1. The quantitative estimate of drug-likeness (QED) is 0.459. The Morgan fingerprint density at radius 1 is 1.41 bits per heavy atom. The minimum Gasteiger partial charge on any atom is -0.482 e. The predicted molar refractivity (Wildman–Crippen MR) is 100 cm³/mol. The van der Waals surface area contributed by atoms with Crippen molar-refractivity contribution < 1.29 is 19.2 Å². The van der Waals surface area contributed by atoms with Gasteiger partial charge in [0.1, 0.15) is 12.3 Å². The first-order valence-corrected chi connectivity index (χ1v) is 9.07. The normalized spacial score (nSPS) is 12.9. The van der Waals surface area contributed by atoms with Gasteiger partial charge in [-0.1, -0.05) is 6.92 Å². The van der Waals surface area contributed by atoms with Crippen molar-refractivity contribution in [3.8, 4) is 5.75 Å². The van der Waals surface area contributed by atoms with Gasteiger partial charge in [0.05, 0.1) is 27.5 Å². The van der Waals surface area contributed by atoms with Crippen molar-refractivity contribution in [1.82, 2.24) is 4.98 Å². The summed E-state index contributed by atoms with van der Waals surface area (Å²) in [5.74, 6) is 0.311. The van der Waals surface area contributed by atoms with Crippen LogP contribution in [0, 0.1) is 10.1 Å². The summed E-state index contributed by atoms with van der Waals surface area (Å²) in [7, 11) is 0. The third kappa shape index (κ3) is 4.34. The summed E-state index contributed by atoms with van der Waals surface area (Å²) < 4.78 is 5.28. The first-order valence-electron chi connectivity index (χ1n) is 8.08. The van der Waals surface area contributed by atoms with E-state index in [0.29, 0.717) is 11.4 Å². The second-order valence-corrected chi connectivity index (χ2v) is 6.83. The summed E-state index contributed by atoms with van der Waals surface area (Å²) in [5, 5.41) is 14.5. The molecule has 1 N–H and O–H groups in total. The van der Waals surface area contributed by atoms with Gasteiger partial charge in [-0.2, -0.15) is 0 Å². The zero-order valence-corrected chi connectivity index (χ0v) is 15.2. The Kier molecular flexibility index (Phi) is 5.55. The topological polar surface area (TPSA) is 115 Å². The van der Waals surface area contributed by atoms with Crippen LogP contribution in [0.1, 0.15) is 6.92 Å². The molecule has 2 aromatic rings. The van der Waals surface area contributed by atoms with Gasteiger partial charge in [0.15, 0.2) is 6.61 Å². The average molecular weight is 388 g/mol. The number of nitro benzene ring substituents is 1. The predicted octanol–water partition coefficient (Wildman–Crippen LogP) is 2.47. The number of anilines is 2. The highest BCUT2D eigenvalue weighted by molar-refractivity contribution is 7.99. The number of nitrogens with zero attached hydrogens (tertiary/aromatic N) is 3. The van der Waals surface area contributed by atoms with Crippen molar-refractivity contribution in [2.45, 2.75) is 11.9 Å². The molecule has 140 valence electrons. The molecular weight excluding hydrogens is 372 g/mol. The van der Waals surface area contributed by atoms with Crippen molar-refractivity contribution in [2.75, 3.05) is 29.1 Å². The van der Waals surface area contributed by atoms with E-state index in [1.807, 2.05) is 6.92 Å². The number of aromatic nitrogens is 1. The first kappa shape index (κ1) is 18.6. The number of rotatable bonds is 6. The lowest BCUT2D eigenvalue weighted by Crippen LogP contribution is -2.43. The van der Waals surface area contributed by atoms with E-state index >= 15 is 0 Å². The van der Waals surface area contributed by atoms with Gasteiger partial charge in [-0.05, 0) is 24.0 Å². The van der Waals surface area contributed by atoms with E-state index in [-0.39, 0.29) is 24.5 Å². The van der Waals surface area contributed by atoms with Crippen molar-refractivity contribution >= 4 is 40.6 Å². The largest absolute Gasteiger partial charge is 0.482 e. The number of amides is 2. The van der Waals surface area contributed by atoms with Gasteiger partial charge in [-0.3, -0.25) is 24.6 Å². The fourth-order valence-electron chi connectivity index (χ4n) is 2.51. The Balaban J connectivity index is 1.74. The maximum atomic E-state index is 12.4. The first-order chi connectivity index (χ1) is 13.0. The fraction of sp³-hybridized carbons (Fsp3) is 0.235. The standard InChI is InChI=1S/C17H16N4O5S/c1-2-27-16-6-3-11(8-18-16)19-15(22)9-20-13-7-12(21(24)25)4-5-14(13)26-10-17(20)23/h3-8H,2,9-10H2,1H3,(H,19,22). The zero-order valence-electron chi connectivity index (χ0n) is 14.4. The Morgan fingerprint density at radius 3 is 2.89 bits per heavy atom. The van der Waals surface area contributed by atoms with Crippen LogP contribution in [0.2, 0.25) is 0 Å². The summed E-state index contributed by atoms with van der Waals surface area (Å²) >= 11 is 1.58. The molecule has 0 fully saturated rings. The molecule has 0 radical (unpaired) electrons. The molecule has 1 aromatic heterocycles. The van der Waals surface area contributed by atoms with Gasteiger partial charge in [0.2, 0.25) is 5.91 Å². The van der Waals surface area contributed by atoms with Crippen LogP contribution in [0.3, 0.4) is 0 Å². The lowest BCUT2D eigenvalue weighted by molar-refractivity contribution is -0.384. The van der Waals surface area contributed by atoms with E-state index in [1.165, 1.54) is 29.3 Å². The molecule has 0 atom stereocenters. The molecule has 3 rings (SSSR count). The minimum atomic E-state index is -0.570. The molecule has 2 amide bonds. The number of fused-ring (bicyclic) bond motifs is 1. The number of hydrogen-bond acceptors (Lipinski definition) is 7. The summed E-state index contributed by atoms with van der Waals surface area (Å²) in [6, 6.07) is 7.44.